The molecule has 1 unspecified atom stereocenters. The minimum atomic E-state index is -1.03. The van der Waals surface area contributed by atoms with Crippen LogP contribution < -0.4 is 10.1 Å². The van der Waals surface area contributed by atoms with E-state index in [9.17, 15) is 9.59 Å². The summed E-state index contributed by atoms with van der Waals surface area (Å²) in [6.07, 6.45) is 0.649. The fourth-order valence-corrected chi connectivity index (χ4v) is 1.44. The highest BCUT2D eigenvalue weighted by Crippen LogP contribution is 2.08. The van der Waals surface area contributed by atoms with Gasteiger partial charge in [0.05, 0.1) is 6.61 Å². The molecule has 0 aliphatic carbocycles. The summed E-state index contributed by atoms with van der Waals surface area (Å²) in [4.78, 5) is 23.5. The monoisotopic (exact) mass is 280 g/mol. The van der Waals surface area contributed by atoms with Gasteiger partial charge in [0.1, 0.15) is 11.8 Å². The second-order valence-electron chi connectivity index (χ2n) is 4.37. The Morgan fingerprint density at radius 2 is 2.00 bits per heavy atom. The van der Waals surface area contributed by atoms with Crippen LogP contribution in [-0.4, -0.2) is 48.2 Å². The fraction of sp³-hybridized carbons (Fsp3) is 0.429. The molecule has 0 radical (unpaired) electrons. The number of carbonyl (C=O) groups excluding carboxylic acids is 1. The van der Waals surface area contributed by atoms with Gasteiger partial charge in [-0.2, -0.15) is 0 Å². The van der Waals surface area contributed by atoms with Crippen molar-refractivity contribution in [3.63, 3.8) is 0 Å². The number of hydrogen-bond donors (Lipinski definition) is 2. The topological polar surface area (TPSA) is 78.9 Å². The van der Waals surface area contributed by atoms with E-state index in [0.717, 1.165) is 10.6 Å². The van der Waals surface area contributed by atoms with E-state index in [1.54, 1.807) is 0 Å². The zero-order valence-electron chi connectivity index (χ0n) is 11.7. The minimum absolute atomic E-state index is 0.403. The molecule has 2 N–H and O–H groups in total. The Labute approximate surface area is 118 Å². The van der Waals surface area contributed by atoms with Crippen LogP contribution in [0.5, 0.6) is 5.75 Å². The summed E-state index contributed by atoms with van der Waals surface area (Å²) >= 11 is 0. The Hall–Kier alpha value is -2.24. The van der Waals surface area contributed by atoms with Crippen molar-refractivity contribution < 1.29 is 19.4 Å². The number of nitrogens with zero attached hydrogens (tertiary/aromatic N) is 1. The lowest BCUT2D eigenvalue weighted by atomic mass is 10.3. The molecule has 0 saturated heterocycles. The van der Waals surface area contributed by atoms with Crippen molar-refractivity contribution in [2.75, 3.05) is 20.2 Å². The number of nitrogens with one attached hydrogen (secondary N) is 1. The molecule has 1 aromatic rings. The highest BCUT2D eigenvalue weighted by atomic mass is 16.5. The third-order valence-electron chi connectivity index (χ3n) is 2.87. The summed E-state index contributed by atoms with van der Waals surface area (Å²) in [6, 6.07) is 8.16. The van der Waals surface area contributed by atoms with Gasteiger partial charge in [-0.1, -0.05) is 18.2 Å². The lowest BCUT2D eigenvalue weighted by Crippen LogP contribution is -2.46. The van der Waals surface area contributed by atoms with Crippen LogP contribution in [0.25, 0.3) is 0 Å². The van der Waals surface area contributed by atoms with Crippen LogP contribution in [0.15, 0.2) is 30.3 Å². The number of urea groups is 1. The largest absolute Gasteiger partial charge is 0.494 e. The van der Waals surface area contributed by atoms with Gasteiger partial charge in [0.2, 0.25) is 0 Å². The Morgan fingerprint density at radius 1 is 1.35 bits per heavy atom. The summed E-state index contributed by atoms with van der Waals surface area (Å²) in [6.45, 7) is 2.38. The zero-order chi connectivity index (χ0) is 15.0. The molecule has 0 bridgehead atoms. The number of rotatable bonds is 7. The van der Waals surface area contributed by atoms with Gasteiger partial charge >= 0.3 is 12.0 Å². The molecule has 0 aliphatic rings. The maximum atomic E-state index is 11.6. The summed E-state index contributed by atoms with van der Waals surface area (Å²) in [5.74, 6) is -0.245. The maximum absolute atomic E-state index is 11.6. The molecule has 20 heavy (non-hydrogen) atoms. The summed E-state index contributed by atoms with van der Waals surface area (Å²) < 4.78 is 5.47. The lowest BCUT2D eigenvalue weighted by Gasteiger charge is -2.21. The molecule has 6 heteroatoms. The molecule has 0 aliphatic heterocycles. The first kappa shape index (κ1) is 15.8. The number of aliphatic carboxylic acids is 1. The van der Waals surface area contributed by atoms with Crippen LogP contribution in [0.1, 0.15) is 13.3 Å². The number of likely N-dealkylation sites (N-methyl/N-ethyl adjacent to an activating group) is 1. The molecule has 1 aromatic carbocycles. The van der Waals surface area contributed by atoms with Crippen molar-refractivity contribution in [3.8, 4) is 5.75 Å². The van der Waals surface area contributed by atoms with Gasteiger partial charge in [0, 0.05) is 13.6 Å². The Balaban J connectivity index is 2.18. The van der Waals surface area contributed by atoms with E-state index in [0.29, 0.717) is 19.6 Å². The SMILES string of the molecule is CC(C(=O)O)N(C)C(=O)NCCCOc1ccccc1. The van der Waals surface area contributed by atoms with E-state index >= 15 is 0 Å². The van der Waals surface area contributed by atoms with Gasteiger partial charge in [0.25, 0.3) is 0 Å². The Kier molecular flexibility index (Phi) is 6.36. The van der Waals surface area contributed by atoms with E-state index < -0.39 is 18.0 Å². The van der Waals surface area contributed by atoms with E-state index in [4.69, 9.17) is 9.84 Å². The minimum Gasteiger partial charge on any atom is -0.494 e. The van der Waals surface area contributed by atoms with E-state index in [-0.39, 0.29) is 0 Å². The molecule has 0 heterocycles. The molecule has 6 nitrogen and oxygen atoms in total. The molecule has 110 valence electrons. The molecule has 0 fully saturated rings. The van der Waals surface area contributed by atoms with Crippen LogP contribution >= 0.6 is 0 Å². The van der Waals surface area contributed by atoms with Gasteiger partial charge in [-0.3, -0.25) is 0 Å². The number of hydrogen-bond acceptors (Lipinski definition) is 3. The Morgan fingerprint density at radius 3 is 2.60 bits per heavy atom. The summed E-state index contributed by atoms with van der Waals surface area (Å²) in [5, 5.41) is 11.4. The normalized spacial score (nSPS) is 11.5. The number of benzene rings is 1. The number of amides is 2. The standard InChI is InChI=1S/C14H20N2O4/c1-11(13(17)18)16(2)14(19)15-9-6-10-20-12-7-4-3-5-8-12/h3-5,7-8,11H,6,9-10H2,1-2H3,(H,15,19)(H,17,18). The van der Waals surface area contributed by atoms with Crippen LogP contribution in [0.3, 0.4) is 0 Å². The number of carboxylic acids is 1. The zero-order valence-corrected chi connectivity index (χ0v) is 11.7. The van der Waals surface area contributed by atoms with Gasteiger partial charge in [-0.25, -0.2) is 9.59 Å². The van der Waals surface area contributed by atoms with Crippen molar-refractivity contribution >= 4 is 12.0 Å². The van der Waals surface area contributed by atoms with E-state index in [1.165, 1.54) is 14.0 Å². The van der Waals surface area contributed by atoms with E-state index in [1.807, 2.05) is 30.3 Å². The van der Waals surface area contributed by atoms with Gasteiger partial charge in [-0.15, -0.1) is 0 Å². The van der Waals surface area contributed by atoms with Gasteiger partial charge < -0.3 is 20.1 Å². The number of carboxylic acid groups (broad SMARTS) is 1. The number of ether oxygens (including phenoxy) is 1. The highest BCUT2D eigenvalue weighted by molar-refractivity contribution is 5.82. The van der Waals surface area contributed by atoms with Crippen LogP contribution in [0.2, 0.25) is 0 Å². The molecule has 0 saturated carbocycles. The molecule has 1 atom stereocenters. The lowest BCUT2D eigenvalue weighted by molar-refractivity contribution is -0.141. The van der Waals surface area contributed by atoms with Crippen molar-refractivity contribution in [1.29, 1.82) is 0 Å². The number of para-hydroxylation sites is 1. The second kappa shape index (κ2) is 8.04. The average Bonchev–Trinajstić information content (AvgIpc) is 2.46. The summed E-state index contributed by atoms with van der Waals surface area (Å²) in [5.41, 5.74) is 0. The fourth-order valence-electron chi connectivity index (χ4n) is 1.44. The quantitative estimate of drug-likeness (QED) is 0.743. The van der Waals surface area contributed by atoms with Crippen LogP contribution in [-0.2, 0) is 4.79 Å². The molecule has 0 aromatic heterocycles. The molecule has 2 amide bonds. The molecule has 1 rings (SSSR count). The Bertz CT molecular complexity index is 436. The second-order valence-corrected chi connectivity index (χ2v) is 4.37. The van der Waals surface area contributed by atoms with E-state index in [2.05, 4.69) is 5.32 Å². The average molecular weight is 280 g/mol. The number of carbonyl (C=O) groups is 2. The molecule has 0 spiro atoms. The predicted octanol–water partition coefficient (Wildman–Crippen LogP) is 1.57. The third-order valence-corrected chi connectivity index (χ3v) is 2.87. The van der Waals surface area contributed by atoms with Gasteiger partial charge in [0.15, 0.2) is 0 Å². The first-order valence-corrected chi connectivity index (χ1v) is 6.43. The van der Waals surface area contributed by atoms with Crippen molar-refractivity contribution in [1.82, 2.24) is 10.2 Å². The maximum Gasteiger partial charge on any atom is 0.326 e. The van der Waals surface area contributed by atoms with Crippen molar-refractivity contribution in [2.24, 2.45) is 0 Å². The third kappa shape index (κ3) is 5.17. The smallest absolute Gasteiger partial charge is 0.326 e. The van der Waals surface area contributed by atoms with Crippen molar-refractivity contribution in [2.45, 2.75) is 19.4 Å². The first-order valence-electron chi connectivity index (χ1n) is 6.43. The predicted molar refractivity (Wildman–Crippen MR) is 74.8 cm³/mol. The molecular weight excluding hydrogens is 260 g/mol. The van der Waals surface area contributed by atoms with Crippen LogP contribution in [0, 0.1) is 0 Å². The highest BCUT2D eigenvalue weighted by Gasteiger charge is 2.20. The van der Waals surface area contributed by atoms with Gasteiger partial charge in [-0.05, 0) is 25.5 Å². The molecular formula is C14H20N2O4. The summed E-state index contributed by atoms with van der Waals surface area (Å²) in [7, 11) is 1.45. The van der Waals surface area contributed by atoms with Crippen LogP contribution in [0.4, 0.5) is 4.79 Å². The first-order chi connectivity index (χ1) is 9.52. The van der Waals surface area contributed by atoms with Crippen molar-refractivity contribution in [3.05, 3.63) is 30.3 Å².